The number of carbonyl (C=O) groups is 2. The standard InChI is InChI=1S/C17H13BrFN3O3S/c18-14-6-5-13(26-14)17(24)22-21-15(23)7-8-16-20-9-12(25-16)10-3-1-2-4-11(10)19/h1-6,9H,7-8H2,(H,21,23)(H,22,24). The zero-order valence-electron chi connectivity index (χ0n) is 13.3. The van der Waals surface area contributed by atoms with Crippen molar-refractivity contribution in [3.63, 3.8) is 0 Å². The maximum absolute atomic E-state index is 13.7. The molecule has 2 aromatic heterocycles. The molecule has 1 aromatic carbocycles. The van der Waals surface area contributed by atoms with Gasteiger partial charge in [0.1, 0.15) is 5.82 Å². The molecule has 0 fully saturated rings. The Labute approximate surface area is 160 Å². The lowest BCUT2D eigenvalue weighted by Gasteiger charge is -2.05. The highest BCUT2D eigenvalue weighted by Gasteiger charge is 2.13. The number of carbonyl (C=O) groups excluding carboxylic acids is 2. The minimum Gasteiger partial charge on any atom is -0.441 e. The molecule has 134 valence electrons. The van der Waals surface area contributed by atoms with Crippen LogP contribution in [-0.2, 0) is 11.2 Å². The molecule has 3 rings (SSSR count). The normalized spacial score (nSPS) is 10.5. The molecular weight excluding hydrogens is 425 g/mol. The second kappa shape index (κ2) is 8.24. The minimum atomic E-state index is -0.407. The van der Waals surface area contributed by atoms with E-state index in [0.717, 1.165) is 3.79 Å². The van der Waals surface area contributed by atoms with Gasteiger partial charge in [-0.05, 0) is 40.2 Å². The van der Waals surface area contributed by atoms with Gasteiger partial charge in [-0.2, -0.15) is 0 Å². The SMILES string of the molecule is O=C(CCc1ncc(-c2ccccc2F)o1)NNC(=O)c1ccc(Br)s1. The third kappa shape index (κ3) is 4.55. The Morgan fingerprint density at radius 2 is 2.00 bits per heavy atom. The van der Waals surface area contributed by atoms with Crippen molar-refractivity contribution in [3.8, 4) is 11.3 Å². The first-order valence-electron chi connectivity index (χ1n) is 7.57. The number of aryl methyl sites for hydroxylation is 1. The van der Waals surface area contributed by atoms with E-state index < -0.39 is 11.7 Å². The summed E-state index contributed by atoms with van der Waals surface area (Å²) in [5.74, 6) is -0.579. The summed E-state index contributed by atoms with van der Waals surface area (Å²) in [6, 6.07) is 9.60. The second-order valence-electron chi connectivity index (χ2n) is 5.20. The van der Waals surface area contributed by atoms with E-state index >= 15 is 0 Å². The van der Waals surface area contributed by atoms with Crippen LogP contribution in [0.15, 0.2) is 50.8 Å². The molecule has 6 nitrogen and oxygen atoms in total. The number of aromatic nitrogens is 1. The maximum Gasteiger partial charge on any atom is 0.279 e. The molecule has 0 spiro atoms. The zero-order valence-corrected chi connectivity index (χ0v) is 15.7. The molecule has 0 saturated carbocycles. The molecule has 2 N–H and O–H groups in total. The van der Waals surface area contributed by atoms with Crippen molar-refractivity contribution < 1.29 is 18.4 Å². The van der Waals surface area contributed by atoms with E-state index in [9.17, 15) is 14.0 Å². The summed E-state index contributed by atoms with van der Waals surface area (Å²) < 4.78 is 20.0. The van der Waals surface area contributed by atoms with Crippen LogP contribution in [0, 0.1) is 5.82 Å². The van der Waals surface area contributed by atoms with Crippen molar-refractivity contribution in [2.24, 2.45) is 0 Å². The summed E-state index contributed by atoms with van der Waals surface area (Å²) in [5, 5.41) is 0. The van der Waals surface area contributed by atoms with Crippen molar-refractivity contribution >= 4 is 39.1 Å². The Bertz CT molecular complexity index is 941. The maximum atomic E-state index is 13.7. The van der Waals surface area contributed by atoms with Crippen molar-refractivity contribution in [3.05, 3.63) is 63.0 Å². The molecule has 0 aliphatic rings. The molecule has 2 heterocycles. The number of amides is 2. The van der Waals surface area contributed by atoms with E-state index in [1.54, 1.807) is 30.3 Å². The molecular formula is C17H13BrFN3O3S. The summed E-state index contributed by atoms with van der Waals surface area (Å²) in [6.07, 6.45) is 1.70. The van der Waals surface area contributed by atoms with E-state index in [2.05, 4.69) is 31.8 Å². The first-order valence-corrected chi connectivity index (χ1v) is 9.18. The van der Waals surface area contributed by atoms with Gasteiger partial charge in [0.2, 0.25) is 5.91 Å². The third-order valence-electron chi connectivity index (χ3n) is 3.37. The van der Waals surface area contributed by atoms with Crippen LogP contribution >= 0.6 is 27.3 Å². The number of nitrogens with zero attached hydrogens (tertiary/aromatic N) is 1. The summed E-state index contributed by atoms with van der Waals surface area (Å²) >= 11 is 4.52. The van der Waals surface area contributed by atoms with Crippen LogP contribution in [0.3, 0.4) is 0 Å². The fourth-order valence-corrected chi connectivity index (χ4v) is 3.40. The van der Waals surface area contributed by atoms with Crippen LogP contribution in [-0.4, -0.2) is 16.8 Å². The lowest BCUT2D eigenvalue weighted by Crippen LogP contribution is -2.41. The molecule has 0 aliphatic carbocycles. The first kappa shape index (κ1) is 18.3. The molecule has 0 unspecified atom stereocenters. The van der Waals surface area contributed by atoms with Crippen molar-refractivity contribution in [2.45, 2.75) is 12.8 Å². The number of hydrogen-bond donors (Lipinski definition) is 2. The molecule has 3 aromatic rings. The van der Waals surface area contributed by atoms with Crippen LogP contribution in [0.1, 0.15) is 22.0 Å². The number of hydrogen-bond acceptors (Lipinski definition) is 5. The number of hydrazine groups is 1. The van der Waals surface area contributed by atoms with Crippen molar-refractivity contribution in [2.75, 3.05) is 0 Å². The van der Waals surface area contributed by atoms with Gasteiger partial charge in [-0.25, -0.2) is 9.37 Å². The van der Waals surface area contributed by atoms with Crippen LogP contribution in [0.2, 0.25) is 0 Å². The first-order chi connectivity index (χ1) is 12.5. The quantitative estimate of drug-likeness (QED) is 0.596. The highest BCUT2D eigenvalue weighted by Crippen LogP contribution is 2.23. The van der Waals surface area contributed by atoms with E-state index in [0.29, 0.717) is 22.1 Å². The van der Waals surface area contributed by atoms with Gasteiger partial charge >= 0.3 is 0 Å². The van der Waals surface area contributed by atoms with Crippen LogP contribution in [0.25, 0.3) is 11.3 Å². The Morgan fingerprint density at radius 1 is 1.19 bits per heavy atom. The highest BCUT2D eigenvalue weighted by atomic mass is 79.9. The molecule has 0 radical (unpaired) electrons. The molecule has 0 atom stereocenters. The van der Waals surface area contributed by atoms with Crippen molar-refractivity contribution in [1.29, 1.82) is 0 Å². The van der Waals surface area contributed by atoms with Gasteiger partial charge in [0.25, 0.3) is 5.91 Å². The Balaban J connectivity index is 1.49. The predicted octanol–water partition coefficient (Wildman–Crippen LogP) is 3.70. The number of oxazole rings is 1. The van der Waals surface area contributed by atoms with Crippen LogP contribution < -0.4 is 10.9 Å². The summed E-state index contributed by atoms with van der Waals surface area (Å²) in [4.78, 5) is 28.2. The van der Waals surface area contributed by atoms with Gasteiger partial charge < -0.3 is 4.42 Å². The third-order valence-corrected chi connectivity index (χ3v) is 4.99. The lowest BCUT2D eigenvalue weighted by molar-refractivity contribution is -0.121. The summed E-state index contributed by atoms with van der Waals surface area (Å²) in [5.41, 5.74) is 4.98. The summed E-state index contributed by atoms with van der Waals surface area (Å²) in [7, 11) is 0. The topological polar surface area (TPSA) is 84.2 Å². The average Bonchev–Trinajstić information content (AvgIpc) is 3.27. The minimum absolute atomic E-state index is 0.0612. The van der Waals surface area contributed by atoms with Gasteiger partial charge in [0.15, 0.2) is 11.7 Å². The zero-order chi connectivity index (χ0) is 18.5. The number of benzene rings is 1. The van der Waals surface area contributed by atoms with Crippen molar-refractivity contribution in [1.82, 2.24) is 15.8 Å². The summed E-state index contributed by atoms with van der Waals surface area (Å²) in [6.45, 7) is 0. The monoisotopic (exact) mass is 437 g/mol. The van der Waals surface area contributed by atoms with E-state index in [-0.39, 0.29) is 18.7 Å². The molecule has 0 aliphatic heterocycles. The fourth-order valence-electron chi connectivity index (χ4n) is 2.12. The van der Waals surface area contributed by atoms with Gasteiger partial charge in [0.05, 0.1) is 20.4 Å². The lowest BCUT2D eigenvalue weighted by atomic mass is 10.2. The number of halogens is 2. The van der Waals surface area contributed by atoms with Gasteiger partial charge in [0, 0.05) is 12.8 Å². The van der Waals surface area contributed by atoms with Crippen LogP contribution in [0.5, 0.6) is 0 Å². The number of nitrogens with one attached hydrogen (secondary N) is 2. The Morgan fingerprint density at radius 3 is 2.73 bits per heavy atom. The fraction of sp³-hybridized carbons (Fsp3) is 0.118. The Hall–Kier alpha value is -2.52. The number of rotatable bonds is 5. The van der Waals surface area contributed by atoms with Gasteiger partial charge in [-0.1, -0.05) is 12.1 Å². The second-order valence-corrected chi connectivity index (χ2v) is 7.67. The highest BCUT2D eigenvalue weighted by molar-refractivity contribution is 9.11. The van der Waals surface area contributed by atoms with E-state index in [4.69, 9.17) is 4.42 Å². The number of thiophene rings is 1. The molecule has 9 heteroatoms. The van der Waals surface area contributed by atoms with E-state index in [1.807, 2.05) is 0 Å². The van der Waals surface area contributed by atoms with E-state index in [1.165, 1.54) is 23.6 Å². The smallest absolute Gasteiger partial charge is 0.279 e. The molecule has 2 amide bonds. The largest absolute Gasteiger partial charge is 0.441 e. The van der Waals surface area contributed by atoms with Crippen LogP contribution in [0.4, 0.5) is 4.39 Å². The molecule has 0 saturated heterocycles. The van der Waals surface area contributed by atoms with Gasteiger partial charge in [-0.15, -0.1) is 11.3 Å². The molecule has 0 bridgehead atoms. The molecule has 26 heavy (non-hydrogen) atoms. The van der Waals surface area contributed by atoms with Gasteiger partial charge in [-0.3, -0.25) is 20.4 Å². The Kier molecular flexibility index (Phi) is 5.79. The average molecular weight is 438 g/mol. The predicted molar refractivity (Wildman–Crippen MR) is 97.8 cm³/mol.